The minimum atomic E-state index is -0.726. The highest BCUT2D eigenvalue weighted by molar-refractivity contribution is 7.14. The number of rotatable bonds is 10. The van der Waals surface area contributed by atoms with Crippen LogP contribution in [0, 0.1) is 0 Å². The zero-order valence-corrected chi connectivity index (χ0v) is 19.8. The minimum absolute atomic E-state index is 0.0298. The summed E-state index contributed by atoms with van der Waals surface area (Å²) < 4.78 is 10.8. The lowest BCUT2D eigenvalue weighted by molar-refractivity contribution is -0.123. The molecule has 1 fully saturated rings. The molecule has 178 valence electrons. The first-order chi connectivity index (χ1) is 16.6. The number of thiazole rings is 1. The third-order valence-electron chi connectivity index (χ3n) is 5.51. The van der Waals surface area contributed by atoms with Crippen LogP contribution in [0.2, 0.25) is 0 Å². The predicted octanol–water partition coefficient (Wildman–Crippen LogP) is 3.53. The third-order valence-corrected chi connectivity index (χ3v) is 6.27. The van der Waals surface area contributed by atoms with Crippen molar-refractivity contribution < 1.29 is 19.1 Å². The fourth-order valence-corrected chi connectivity index (χ4v) is 4.38. The van der Waals surface area contributed by atoms with E-state index in [-0.39, 0.29) is 17.7 Å². The number of hydrogen-bond acceptors (Lipinski definition) is 7. The number of aromatic nitrogens is 1. The molecule has 0 saturated carbocycles. The highest BCUT2D eigenvalue weighted by Gasteiger charge is 2.25. The molecule has 0 aliphatic carbocycles. The quantitative estimate of drug-likeness (QED) is 0.410. The SMILES string of the molecule is COc1ccc(Nc2nc(C(=O)N[C@H](Cc3ccccc3)C(=O)NC[C@H]3CCCO3)cs2)cc1. The highest BCUT2D eigenvalue weighted by atomic mass is 32.1. The van der Waals surface area contributed by atoms with Crippen LogP contribution in [0.25, 0.3) is 0 Å². The van der Waals surface area contributed by atoms with Gasteiger partial charge in [-0.2, -0.15) is 0 Å². The Kier molecular flexibility index (Phi) is 8.11. The van der Waals surface area contributed by atoms with Crippen LogP contribution >= 0.6 is 11.3 Å². The molecule has 3 aromatic rings. The summed E-state index contributed by atoms with van der Waals surface area (Å²) in [6.07, 6.45) is 2.34. The molecule has 9 heteroatoms. The molecule has 1 aliphatic rings. The first-order valence-corrected chi connectivity index (χ1v) is 12.1. The molecule has 2 aromatic carbocycles. The van der Waals surface area contributed by atoms with Crippen molar-refractivity contribution in [2.45, 2.75) is 31.4 Å². The lowest BCUT2D eigenvalue weighted by Gasteiger charge is -2.19. The number of amides is 2. The first-order valence-electron chi connectivity index (χ1n) is 11.2. The Hall–Kier alpha value is -3.43. The summed E-state index contributed by atoms with van der Waals surface area (Å²) in [6, 6.07) is 16.3. The second kappa shape index (κ2) is 11.6. The molecule has 0 spiro atoms. The van der Waals surface area contributed by atoms with E-state index >= 15 is 0 Å². The van der Waals surface area contributed by atoms with Crippen molar-refractivity contribution in [3.05, 3.63) is 71.2 Å². The molecular weight excluding hydrogens is 452 g/mol. The highest BCUT2D eigenvalue weighted by Crippen LogP contribution is 2.23. The average molecular weight is 481 g/mol. The van der Waals surface area contributed by atoms with Gasteiger partial charge in [0, 0.05) is 30.6 Å². The second-order valence-electron chi connectivity index (χ2n) is 7.99. The molecule has 4 rings (SSSR count). The molecule has 2 amide bonds. The maximum atomic E-state index is 12.9. The minimum Gasteiger partial charge on any atom is -0.497 e. The zero-order valence-electron chi connectivity index (χ0n) is 19.0. The van der Waals surface area contributed by atoms with Gasteiger partial charge in [-0.15, -0.1) is 11.3 Å². The number of carbonyl (C=O) groups excluding carboxylic acids is 2. The van der Waals surface area contributed by atoms with Gasteiger partial charge in [0.05, 0.1) is 13.2 Å². The zero-order chi connectivity index (χ0) is 23.8. The van der Waals surface area contributed by atoms with Gasteiger partial charge in [0.1, 0.15) is 17.5 Å². The number of methoxy groups -OCH3 is 1. The Labute approximate surface area is 202 Å². The van der Waals surface area contributed by atoms with Gasteiger partial charge in [-0.1, -0.05) is 30.3 Å². The standard InChI is InChI=1S/C25H28N4O4S/c1-32-19-11-9-18(10-12-19)27-25-29-22(16-34-25)24(31)28-21(14-17-6-3-2-4-7-17)23(30)26-15-20-8-5-13-33-20/h2-4,6-7,9-12,16,20-21H,5,8,13-15H2,1H3,(H,26,30)(H,27,29)(H,28,31)/t20-,21-/m1/s1. The molecule has 3 N–H and O–H groups in total. The molecule has 8 nitrogen and oxygen atoms in total. The molecular formula is C25H28N4O4S. The Morgan fingerprint density at radius 3 is 2.68 bits per heavy atom. The van der Waals surface area contributed by atoms with Crippen LogP contribution < -0.4 is 20.7 Å². The van der Waals surface area contributed by atoms with E-state index < -0.39 is 11.9 Å². The van der Waals surface area contributed by atoms with E-state index in [4.69, 9.17) is 9.47 Å². The lowest BCUT2D eigenvalue weighted by Crippen LogP contribution is -2.49. The summed E-state index contributed by atoms with van der Waals surface area (Å²) in [5.41, 5.74) is 2.05. The summed E-state index contributed by atoms with van der Waals surface area (Å²) in [6.45, 7) is 1.16. The summed E-state index contributed by atoms with van der Waals surface area (Å²) in [4.78, 5) is 30.3. The Balaban J connectivity index is 1.40. The van der Waals surface area contributed by atoms with Gasteiger partial charge in [0.25, 0.3) is 5.91 Å². The molecule has 0 radical (unpaired) electrons. The number of ether oxygens (including phenoxy) is 2. The monoisotopic (exact) mass is 480 g/mol. The maximum absolute atomic E-state index is 12.9. The summed E-state index contributed by atoms with van der Waals surface area (Å²) in [7, 11) is 1.61. The van der Waals surface area contributed by atoms with Crippen molar-refractivity contribution in [2.24, 2.45) is 0 Å². The molecule has 34 heavy (non-hydrogen) atoms. The van der Waals surface area contributed by atoms with E-state index in [1.165, 1.54) is 11.3 Å². The van der Waals surface area contributed by atoms with Gasteiger partial charge in [-0.3, -0.25) is 9.59 Å². The normalized spacial score (nSPS) is 16.0. The number of anilines is 2. The van der Waals surface area contributed by atoms with Crippen molar-refractivity contribution in [1.82, 2.24) is 15.6 Å². The van der Waals surface area contributed by atoms with Crippen molar-refractivity contribution in [3.8, 4) is 5.75 Å². The van der Waals surface area contributed by atoms with Gasteiger partial charge in [0.2, 0.25) is 5.91 Å². The molecule has 0 bridgehead atoms. The van der Waals surface area contributed by atoms with Gasteiger partial charge in [0.15, 0.2) is 5.13 Å². The Morgan fingerprint density at radius 1 is 1.18 bits per heavy atom. The number of nitrogens with zero attached hydrogens (tertiary/aromatic N) is 1. The fraction of sp³-hybridized carbons (Fsp3) is 0.320. The van der Waals surface area contributed by atoms with Crippen LogP contribution in [0.5, 0.6) is 5.75 Å². The summed E-state index contributed by atoms with van der Waals surface area (Å²) >= 11 is 1.32. The van der Waals surface area contributed by atoms with Gasteiger partial charge in [-0.05, 0) is 42.7 Å². The van der Waals surface area contributed by atoms with Crippen LogP contribution in [0.1, 0.15) is 28.9 Å². The predicted molar refractivity (Wildman–Crippen MR) is 132 cm³/mol. The van der Waals surface area contributed by atoms with E-state index in [2.05, 4.69) is 20.9 Å². The van der Waals surface area contributed by atoms with E-state index in [1.807, 2.05) is 54.6 Å². The molecule has 1 aromatic heterocycles. The van der Waals surface area contributed by atoms with E-state index in [0.29, 0.717) is 18.1 Å². The van der Waals surface area contributed by atoms with Crippen LogP contribution in [0.3, 0.4) is 0 Å². The molecule has 2 atom stereocenters. The van der Waals surface area contributed by atoms with Crippen LogP contribution in [0.4, 0.5) is 10.8 Å². The smallest absolute Gasteiger partial charge is 0.271 e. The number of hydrogen-bond donors (Lipinski definition) is 3. The van der Waals surface area contributed by atoms with Crippen LogP contribution in [-0.4, -0.2) is 49.2 Å². The molecule has 2 heterocycles. The van der Waals surface area contributed by atoms with Crippen molar-refractivity contribution >= 4 is 34.0 Å². The summed E-state index contributed by atoms with van der Waals surface area (Å²) in [5.74, 6) is 0.124. The second-order valence-corrected chi connectivity index (χ2v) is 8.85. The molecule has 0 unspecified atom stereocenters. The van der Waals surface area contributed by atoms with Crippen molar-refractivity contribution in [1.29, 1.82) is 0 Å². The first kappa shape index (κ1) is 23.7. The third kappa shape index (κ3) is 6.55. The van der Waals surface area contributed by atoms with Crippen LogP contribution in [0.15, 0.2) is 60.0 Å². The van der Waals surface area contributed by atoms with Gasteiger partial charge >= 0.3 is 0 Å². The number of nitrogens with one attached hydrogen (secondary N) is 3. The van der Waals surface area contributed by atoms with Gasteiger partial charge < -0.3 is 25.4 Å². The molecule has 1 aliphatic heterocycles. The molecule has 1 saturated heterocycles. The fourth-order valence-electron chi connectivity index (χ4n) is 3.67. The topological polar surface area (TPSA) is 102 Å². The average Bonchev–Trinajstić information content (AvgIpc) is 3.56. The van der Waals surface area contributed by atoms with E-state index in [9.17, 15) is 9.59 Å². The Morgan fingerprint density at radius 2 is 1.97 bits per heavy atom. The largest absolute Gasteiger partial charge is 0.497 e. The number of benzene rings is 2. The summed E-state index contributed by atoms with van der Waals surface area (Å²) in [5, 5.41) is 11.2. The Bertz CT molecular complexity index is 1080. The lowest BCUT2D eigenvalue weighted by atomic mass is 10.0. The van der Waals surface area contributed by atoms with Crippen LogP contribution in [-0.2, 0) is 16.0 Å². The van der Waals surface area contributed by atoms with E-state index in [0.717, 1.165) is 36.4 Å². The van der Waals surface area contributed by atoms with Crippen molar-refractivity contribution in [3.63, 3.8) is 0 Å². The maximum Gasteiger partial charge on any atom is 0.271 e. The number of carbonyl (C=O) groups is 2. The van der Waals surface area contributed by atoms with E-state index in [1.54, 1.807) is 12.5 Å². The van der Waals surface area contributed by atoms with Crippen molar-refractivity contribution in [2.75, 3.05) is 25.6 Å². The van der Waals surface area contributed by atoms with Gasteiger partial charge in [-0.25, -0.2) is 4.98 Å².